The molecule has 0 amide bonds. The average molecular weight is 833 g/mol. The highest BCUT2D eigenvalue weighted by Crippen LogP contribution is 2.68. The molecule has 1 N–H and O–H groups in total. The Morgan fingerprint density at radius 3 is 0.688 bits per heavy atom. The molecule has 0 aliphatic heterocycles. The van der Waals surface area contributed by atoms with Crippen molar-refractivity contribution in [1.29, 1.82) is 0 Å². The van der Waals surface area contributed by atoms with Gasteiger partial charge in [0.25, 0.3) is 0 Å². The third-order valence-electron chi connectivity index (χ3n) is 5.24. The fraction of sp³-hybridized carbons (Fsp3) is 1.00. The van der Waals surface area contributed by atoms with Crippen LogP contribution in [0, 0.1) is 0 Å². The van der Waals surface area contributed by atoms with Gasteiger partial charge in [-0.1, -0.05) is 0 Å². The number of halogens is 29. The molecule has 0 heterocycles. The van der Waals surface area contributed by atoms with Crippen molar-refractivity contribution >= 4 is 21.7 Å². The molecule has 0 atom stereocenters. The first-order valence-electron chi connectivity index (χ1n) is 9.61. The third-order valence-corrected chi connectivity index (χ3v) is 6.22. The lowest BCUT2D eigenvalue weighted by molar-refractivity contribution is -0.496. The van der Waals surface area contributed by atoms with E-state index in [2.05, 4.69) is 11.6 Å². The summed E-state index contributed by atoms with van der Waals surface area (Å²) in [5.41, 5.74) is -6.47. The molecule has 0 aliphatic rings. The minimum atomic E-state index is -10.0. The summed E-state index contributed by atoms with van der Waals surface area (Å²) in [5, 5.41) is -8.32. The van der Waals surface area contributed by atoms with Crippen molar-refractivity contribution in [1.82, 2.24) is 0 Å². The summed E-state index contributed by atoms with van der Waals surface area (Å²) < 4.78 is 404. The van der Waals surface area contributed by atoms with Crippen molar-refractivity contribution in [3.8, 4) is 0 Å². The van der Waals surface area contributed by atoms with Crippen LogP contribution < -0.4 is 0 Å². The molecule has 290 valence electrons. The van der Waals surface area contributed by atoms with Gasteiger partial charge in [-0.2, -0.15) is 131 Å². The minimum absolute atomic E-state index is 1.29. The summed E-state index contributed by atoms with van der Waals surface area (Å²) >= 11 is 3.38. The molecular formula is C14HClF28O4S. The first kappa shape index (κ1) is 46.2. The lowest BCUT2D eigenvalue weighted by Crippen LogP contribution is -2.79. The van der Waals surface area contributed by atoms with Crippen LogP contribution in [0.5, 0.6) is 0 Å². The van der Waals surface area contributed by atoms with Crippen molar-refractivity contribution in [2.45, 2.75) is 82.1 Å². The smallest absolute Gasteiger partial charge is 0.281 e. The van der Waals surface area contributed by atoms with Gasteiger partial charge in [0, 0.05) is 0 Å². The van der Waals surface area contributed by atoms with Crippen LogP contribution >= 0.6 is 11.6 Å². The quantitative estimate of drug-likeness (QED) is 0.102. The van der Waals surface area contributed by atoms with Crippen LogP contribution in [-0.2, 0) is 14.9 Å². The fourth-order valence-corrected chi connectivity index (χ4v) is 3.06. The lowest BCUT2D eigenvalue weighted by atomic mass is 9.84. The van der Waals surface area contributed by atoms with Crippen LogP contribution in [0.4, 0.5) is 123 Å². The number of rotatable bonds is 15. The van der Waals surface area contributed by atoms with E-state index in [1.54, 1.807) is 0 Å². The second-order valence-corrected chi connectivity index (χ2v) is 10.3. The number of hydrogen-bond acceptors (Lipinski definition) is 3. The van der Waals surface area contributed by atoms with E-state index >= 15 is 0 Å². The molecule has 0 rings (SSSR count). The van der Waals surface area contributed by atoms with Crippen molar-refractivity contribution in [2.24, 2.45) is 0 Å². The summed E-state index contributed by atoms with van der Waals surface area (Å²) in [4.78, 5) is 0. The Morgan fingerprint density at radius 2 is 0.521 bits per heavy atom. The Balaban J connectivity index is 7.59. The molecule has 0 spiro atoms. The maximum absolute atomic E-state index is 13.7. The Bertz CT molecular complexity index is 1310. The molecule has 0 aromatic heterocycles. The predicted octanol–water partition coefficient (Wildman–Crippen LogP) is 8.85. The van der Waals surface area contributed by atoms with Gasteiger partial charge in [-0.3, -0.25) is 4.55 Å². The summed E-state index contributed by atoms with van der Waals surface area (Å²) in [6.45, 7) is 0. The number of ether oxygens (including phenoxy) is 1. The molecule has 4 nitrogen and oxygen atoms in total. The molecule has 0 saturated carbocycles. The van der Waals surface area contributed by atoms with Gasteiger partial charge in [0.2, 0.25) is 0 Å². The largest absolute Gasteiger partial charge is 0.445 e. The zero-order valence-electron chi connectivity index (χ0n) is 20.0. The molecule has 0 fully saturated rings. The van der Waals surface area contributed by atoms with Gasteiger partial charge in [0.15, 0.2) is 0 Å². The van der Waals surface area contributed by atoms with Crippen molar-refractivity contribution in [2.75, 3.05) is 0 Å². The van der Waals surface area contributed by atoms with Gasteiger partial charge in [0.1, 0.15) is 0 Å². The van der Waals surface area contributed by atoms with E-state index in [1.807, 2.05) is 0 Å². The van der Waals surface area contributed by atoms with Crippen LogP contribution in [0.25, 0.3) is 0 Å². The zero-order valence-corrected chi connectivity index (χ0v) is 21.6. The first-order valence-corrected chi connectivity index (χ1v) is 11.4. The Hall–Kier alpha value is -1.80. The van der Waals surface area contributed by atoms with Crippen LogP contribution in [0.2, 0.25) is 0 Å². The average Bonchev–Trinajstić information content (AvgIpc) is 2.80. The third kappa shape index (κ3) is 5.62. The second kappa shape index (κ2) is 11.1. The molecule has 0 aliphatic carbocycles. The van der Waals surface area contributed by atoms with E-state index in [4.69, 9.17) is 4.55 Å². The van der Waals surface area contributed by atoms with Crippen LogP contribution in [0.1, 0.15) is 0 Å². The van der Waals surface area contributed by atoms with Crippen LogP contribution in [0.15, 0.2) is 0 Å². The van der Waals surface area contributed by atoms with Gasteiger partial charge in [-0.25, -0.2) is 4.74 Å². The summed E-state index contributed by atoms with van der Waals surface area (Å²) in [6.07, 6.45) is -8.18. The summed E-state index contributed by atoms with van der Waals surface area (Å²) in [7, 11) is -8.34. The maximum atomic E-state index is 13.7. The van der Waals surface area contributed by atoms with E-state index in [9.17, 15) is 131 Å². The minimum Gasteiger partial charge on any atom is -0.281 e. The van der Waals surface area contributed by atoms with E-state index in [-0.39, 0.29) is 0 Å². The topological polar surface area (TPSA) is 63.6 Å². The molecule has 0 unspecified atom stereocenters. The molecule has 0 bridgehead atoms. The fourth-order valence-electron chi connectivity index (χ4n) is 2.51. The Labute approximate surface area is 245 Å². The van der Waals surface area contributed by atoms with Crippen molar-refractivity contribution < 1.29 is 141 Å². The molecule has 34 heteroatoms. The molecular weight excluding hydrogens is 832 g/mol. The van der Waals surface area contributed by atoms with Crippen LogP contribution in [-0.4, -0.2) is 95.0 Å². The molecule has 0 aromatic rings. The Kier molecular flexibility index (Phi) is 10.7. The predicted molar refractivity (Wildman–Crippen MR) is 87.7 cm³/mol. The normalized spacial score (nSPS) is 17.2. The zero-order chi connectivity index (χ0) is 40.2. The molecule has 0 saturated heterocycles. The maximum Gasteiger partial charge on any atom is 0.445 e. The van der Waals surface area contributed by atoms with E-state index in [0.29, 0.717) is 0 Å². The lowest BCUT2D eigenvalue weighted by Gasteiger charge is -2.46. The van der Waals surface area contributed by atoms with E-state index in [0.717, 1.165) is 0 Å². The molecule has 48 heavy (non-hydrogen) atoms. The van der Waals surface area contributed by atoms with E-state index < -0.39 is 92.2 Å². The molecule has 0 aromatic carbocycles. The van der Waals surface area contributed by atoms with Gasteiger partial charge < -0.3 is 0 Å². The Morgan fingerprint density at radius 1 is 0.354 bits per heavy atom. The standard InChI is InChI=1S/C14HClF28O4S/c15-14(42,43)47-12(38,39)10(34,35)8(30,31)6(26,27)4(22,23)2(18,19)1(16,17)3(20,21)5(24,25)7(28,29)9(32,33)11(36,37)13(40,41)48(44,45)46/h(H,44,45,46). The molecule has 0 radical (unpaired) electrons. The van der Waals surface area contributed by atoms with Crippen LogP contribution in [0.3, 0.4) is 0 Å². The summed E-state index contributed by atoms with van der Waals surface area (Å²) in [5.74, 6) is -106. The SMILES string of the molecule is O=S(=O)(O)C(F)(F)C(F)(F)C(F)(F)C(F)(F)C(F)(F)C(F)(F)C(F)(F)C(F)(F)C(F)(F)C(F)(F)C(F)(F)C(F)(F)C(F)(F)OC(F)(F)Cl. The highest BCUT2D eigenvalue weighted by atomic mass is 35.5. The second-order valence-electron chi connectivity index (χ2n) is 8.37. The van der Waals surface area contributed by atoms with Crippen molar-refractivity contribution in [3.05, 3.63) is 0 Å². The number of alkyl halides is 29. The van der Waals surface area contributed by atoms with Gasteiger partial charge in [-0.15, -0.1) is 0 Å². The van der Waals surface area contributed by atoms with E-state index in [1.165, 1.54) is 4.74 Å². The van der Waals surface area contributed by atoms with Gasteiger partial charge in [0.05, 0.1) is 0 Å². The highest BCUT2D eigenvalue weighted by molar-refractivity contribution is 7.87. The summed E-state index contributed by atoms with van der Waals surface area (Å²) in [6, 6.07) is 0. The van der Waals surface area contributed by atoms with Gasteiger partial charge in [-0.05, 0) is 11.6 Å². The van der Waals surface area contributed by atoms with Gasteiger partial charge >= 0.3 is 92.2 Å². The number of hydrogen-bond donors (Lipinski definition) is 1. The first-order chi connectivity index (χ1) is 20.0. The highest BCUT2D eigenvalue weighted by Gasteiger charge is 3.00. The monoisotopic (exact) mass is 832 g/mol. The van der Waals surface area contributed by atoms with Crippen molar-refractivity contribution in [3.63, 3.8) is 0 Å².